The Labute approximate surface area is 103 Å². The Hall–Kier alpha value is -0.870. The molecule has 0 spiro atoms. The second-order valence-electron chi connectivity index (χ2n) is 5.21. The minimum atomic E-state index is -0.167. The highest BCUT2D eigenvalue weighted by atomic mass is 16.3. The fourth-order valence-electron chi connectivity index (χ4n) is 2.74. The largest absolute Gasteiger partial charge is 0.391 e. The predicted octanol–water partition coefficient (Wildman–Crippen LogP) is 1.55. The third-order valence-corrected chi connectivity index (χ3v) is 3.70. The van der Waals surface area contributed by atoms with Crippen molar-refractivity contribution in [3.8, 4) is 0 Å². The number of nitrogens with zero attached hydrogens (tertiary/aromatic N) is 3. The standard InChI is InChI=1S/C13H23N3O/c1-15(9-11-8-14-16(2)10-11)12-6-4-3-5-7-13(12)17/h8,10,12-13,17H,3-7,9H2,1-2H3. The van der Waals surface area contributed by atoms with E-state index >= 15 is 0 Å². The summed E-state index contributed by atoms with van der Waals surface area (Å²) in [6.45, 7) is 0.871. The van der Waals surface area contributed by atoms with Gasteiger partial charge in [0.2, 0.25) is 0 Å². The van der Waals surface area contributed by atoms with Gasteiger partial charge in [0.05, 0.1) is 12.3 Å². The van der Waals surface area contributed by atoms with Gasteiger partial charge in [0.1, 0.15) is 0 Å². The van der Waals surface area contributed by atoms with Gasteiger partial charge in [0, 0.05) is 31.4 Å². The summed E-state index contributed by atoms with van der Waals surface area (Å²) in [5, 5.41) is 14.3. The second-order valence-corrected chi connectivity index (χ2v) is 5.21. The monoisotopic (exact) mass is 237 g/mol. The molecule has 1 heterocycles. The molecule has 0 amide bonds. The van der Waals surface area contributed by atoms with E-state index in [1.54, 1.807) is 0 Å². The minimum absolute atomic E-state index is 0.167. The van der Waals surface area contributed by atoms with Gasteiger partial charge >= 0.3 is 0 Å². The summed E-state index contributed by atoms with van der Waals surface area (Å²) in [7, 11) is 4.04. The van der Waals surface area contributed by atoms with Gasteiger partial charge in [0.15, 0.2) is 0 Å². The van der Waals surface area contributed by atoms with Gasteiger partial charge in [-0.2, -0.15) is 5.10 Å². The van der Waals surface area contributed by atoms with Crippen LogP contribution in [-0.4, -0.2) is 39.0 Å². The molecule has 17 heavy (non-hydrogen) atoms. The lowest BCUT2D eigenvalue weighted by atomic mass is 10.0. The van der Waals surface area contributed by atoms with E-state index < -0.39 is 0 Å². The fraction of sp³-hybridized carbons (Fsp3) is 0.769. The van der Waals surface area contributed by atoms with Gasteiger partial charge in [0.25, 0.3) is 0 Å². The number of rotatable bonds is 3. The van der Waals surface area contributed by atoms with Gasteiger partial charge in [-0.1, -0.05) is 19.3 Å². The molecule has 4 nitrogen and oxygen atoms in total. The van der Waals surface area contributed by atoms with Crippen molar-refractivity contribution in [2.24, 2.45) is 7.05 Å². The molecule has 4 heteroatoms. The first-order valence-corrected chi connectivity index (χ1v) is 6.52. The molecule has 0 aliphatic heterocycles. The van der Waals surface area contributed by atoms with Crippen molar-refractivity contribution in [1.29, 1.82) is 0 Å². The lowest BCUT2D eigenvalue weighted by molar-refractivity contribution is 0.0543. The van der Waals surface area contributed by atoms with Crippen molar-refractivity contribution >= 4 is 0 Å². The van der Waals surface area contributed by atoms with Gasteiger partial charge in [-0.25, -0.2) is 0 Å². The van der Waals surface area contributed by atoms with E-state index in [2.05, 4.69) is 17.0 Å². The number of aromatic nitrogens is 2. The number of aryl methyl sites for hydroxylation is 1. The van der Waals surface area contributed by atoms with E-state index in [-0.39, 0.29) is 6.10 Å². The highest BCUT2D eigenvalue weighted by Gasteiger charge is 2.25. The second kappa shape index (κ2) is 5.65. The summed E-state index contributed by atoms with van der Waals surface area (Å²) in [5.74, 6) is 0. The van der Waals surface area contributed by atoms with Crippen molar-refractivity contribution in [2.45, 2.75) is 50.8 Å². The fourth-order valence-corrected chi connectivity index (χ4v) is 2.74. The molecular formula is C13H23N3O. The van der Waals surface area contributed by atoms with E-state index in [0.29, 0.717) is 6.04 Å². The van der Waals surface area contributed by atoms with Crippen LogP contribution < -0.4 is 0 Å². The van der Waals surface area contributed by atoms with E-state index in [0.717, 1.165) is 19.4 Å². The molecule has 2 rings (SSSR count). The molecule has 2 atom stereocenters. The Morgan fingerprint density at radius 3 is 2.88 bits per heavy atom. The van der Waals surface area contributed by atoms with Gasteiger partial charge < -0.3 is 5.11 Å². The highest BCUT2D eigenvalue weighted by Crippen LogP contribution is 2.22. The van der Waals surface area contributed by atoms with Crippen molar-refractivity contribution in [3.63, 3.8) is 0 Å². The molecule has 2 unspecified atom stereocenters. The Morgan fingerprint density at radius 2 is 2.18 bits per heavy atom. The van der Waals surface area contributed by atoms with Crippen molar-refractivity contribution in [2.75, 3.05) is 7.05 Å². The van der Waals surface area contributed by atoms with Crippen LogP contribution in [0.1, 0.15) is 37.7 Å². The molecule has 0 bridgehead atoms. The smallest absolute Gasteiger partial charge is 0.0695 e. The summed E-state index contributed by atoms with van der Waals surface area (Å²) < 4.78 is 1.83. The number of aliphatic hydroxyl groups is 1. The van der Waals surface area contributed by atoms with Crippen molar-refractivity contribution < 1.29 is 5.11 Å². The van der Waals surface area contributed by atoms with Gasteiger partial charge in [-0.05, 0) is 19.9 Å². The molecule has 1 fully saturated rings. The summed E-state index contributed by atoms with van der Waals surface area (Å²) in [5.41, 5.74) is 1.21. The lowest BCUT2D eigenvalue weighted by Crippen LogP contribution is -2.40. The molecule has 1 aromatic heterocycles. The van der Waals surface area contributed by atoms with Crippen LogP contribution in [0.3, 0.4) is 0 Å². The normalized spacial score (nSPS) is 26.1. The Morgan fingerprint density at radius 1 is 1.41 bits per heavy atom. The Kier molecular flexibility index (Phi) is 4.18. The molecule has 1 aromatic rings. The maximum atomic E-state index is 10.1. The van der Waals surface area contributed by atoms with Crippen LogP contribution in [0.25, 0.3) is 0 Å². The summed E-state index contributed by atoms with van der Waals surface area (Å²) in [4.78, 5) is 2.27. The zero-order chi connectivity index (χ0) is 12.3. The summed E-state index contributed by atoms with van der Waals surface area (Å²) >= 11 is 0. The van der Waals surface area contributed by atoms with Gasteiger partial charge in [-0.3, -0.25) is 9.58 Å². The van der Waals surface area contributed by atoms with Gasteiger partial charge in [-0.15, -0.1) is 0 Å². The number of aliphatic hydroxyl groups excluding tert-OH is 1. The third kappa shape index (κ3) is 3.30. The zero-order valence-corrected chi connectivity index (χ0v) is 10.8. The van der Waals surface area contributed by atoms with Crippen LogP contribution in [0, 0.1) is 0 Å². The summed E-state index contributed by atoms with van der Waals surface area (Å²) in [6.07, 6.45) is 9.49. The molecule has 1 N–H and O–H groups in total. The molecular weight excluding hydrogens is 214 g/mol. The van der Waals surface area contributed by atoms with Crippen molar-refractivity contribution in [3.05, 3.63) is 18.0 Å². The predicted molar refractivity (Wildman–Crippen MR) is 67.6 cm³/mol. The lowest BCUT2D eigenvalue weighted by Gasteiger charge is -2.30. The van der Waals surface area contributed by atoms with Crippen LogP contribution in [0.4, 0.5) is 0 Å². The topological polar surface area (TPSA) is 41.3 Å². The van der Waals surface area contributed by atoms with E-state index in [9.17, 15) is 5.11 Å². The molecule has 1 aliphatic rings. The Balaban J connectivity index is 1.95. The maximum Gasteiger partial charge on any atom is 0.0695 e. The molecule has 1 aliphatic carbocycles. The molecule has 0 aromatic carbocycles. The maximum absolute atomic E-state index is 10.1. The third-order valence-electron chi connectivity index (χ3n) is 3.70. The van der Waals surface area contributed by atoms with E-state index in [4.69, 9.17) is 0 Å². The average molecular weight is 237 g/mol. The van der Waals surface area contributed by atoms with Crippen LogP contribution in [-0.2, 0) is 13.6 Å². The average Bonchev–Trinajstić information content (AvgIpc) is 2.57. The minimum Gasteiger partial charge on any atom is -0.391 e. The van der Waals surface area contributed by atoms with Crippen LogP contribution >= 0.6 is 0 Å². The number of likely N-dealkylation sites (N-methyl/N-ethyl adjacent to an activating group) is 1. The van der Waals surface area contributed by atoms with Crippen LogP contribution in [0.2, 0.25) is 0 Å². The highest BCUT2D eigenvalue weighted by molar-refractivity contribution is 5.03. The van der Waals surface area contributed by atoms with E-state index in [1.807, 2.05) is 24.1 Å². The number of hydrogen-bond donors (Lipinski definition) is 1. The Bertz CT molecular complexity index is 350. The first kappa shape index (κ1) is 12.6. The quantitative estimate of drug-likeness (QED) is 0.811. The van der Waals surface area contributed by atoms with E-state index in [1.165, 1.54) is 24.8 Å². The van der Waals surface area contributed by atoms with Crippen LogP contribution in [0.15, 0.2) is 12.4 Å². The first-order valence-electron chi connectivity index (χ1n) is 6.52. The SMILES string of the molecule is CN(Cc1cnn(C)c1)C1CCCCCC1O. The number of hydrogen-bond acceptors (Lipinski definition) is 3. The zero-order valence-electron chi connectivity index (χ0n) is 10.8. The van der Waals surface area contributed by atoms with Crippen LogP contribution in [0.5, 0.6) is 0 Å². The molecule has 0 radical (unpaired) electrons. The molecule has 96 valence electrons. The molecule has 0 saturated heterocycles. The summed E-state index contributed by atoms with van der Waals surface area (Å²) in [6, 6.07) is 0.303. The first-order chi connectivity index (χ1) is 8.16. The molecule has 1 saturated carbocycles. The van der Waals surface area contributed by atoms with Crippen molar-refractivity contribution in [1.82, 2.24) is 14.7 Å².